The smallest absolute Gasteiger partial charge is 0.266 e. The third-order valence-corrected chi connectivity index (χ3v) is 1.90. The highest BCUT2D eigenvalue weighted by Gasteiger charge is 2.13. The molecule has 0 saturated heterocycles. The quantitative estimate of drug-likeness (QED) is 0.332. The van der Waals surface area contributed by atoms with E-state index < -0.39 is 10.8 Å². The lowest BCUT2D eigenvalue weighted by Gasteiger charge is -1.99. The number of hydrogen-bond acceptors (Lipinski definition) is 4. The highest BCUT2D eigenvalue weighted by atomic mass is 32.1. The molecule has 0 bridgehead atoms. The molecule has 0 saturated carbocycles. The fraction of sp³-hybridized carbons (Fsp3) is 0.111. The van der Waals surface area contributed by atoms with Crippen molar-refractivity contribution in [2.75, 3.05) is 0 Å². The first-order valence-corrected chi connectivity index (χ1v) is 4.34. The summed E-state index contributed by atoms with van der Waals surface area (Å²) < 4.78 is 0. The number of aryl methyl sites for hydroxylation is 1. The van der Waals surface area contributed by atoms with Crippen LogP contribution in [-0.4, -0.2) is 16.0 Å². The Labute approximate surface area is 90.6 Å². The molecule has 15 heavy (non-hydrogen) atoms. The molecule has 0 aliphatic rings. The molecule has 6 heteroatoms. The molecule has 1 aromatic rings. The molecule has 1 aromatic carbocycles. The van der Waals surface area contributed by atoms with E-state index in [0.29, 0.717) is 5.56 Å². The van der Waals surface area contributed by atoms with E-state index in [1.807, 2.05) is 5.16 Å². The first-order valence-electron chi connectivity index (χ1n) is 3.93. The van der Waals surface area contributed by atoms with Crippen LogP contribution in [0.15, 0.2) is 23.2 Å². The van der Waals surface area contributed by atoms with Crippen LogP contribution in [0.25, 0.3) is 0 Å². The third-order valence-electron chi connectivity index (χ3n) is 1.81. The van der Waals surface area contributed by atoms with Crippen LogP contribution in [0.2, 0.25) is 0 Å². The van der Waals surface area contributed by atoms with Crippen molar-refractivity contribution in [2.24, 2.45) is 4.99 Å². The van der Waals surface area contributed by atoms with Crippen LogP contribution < -0.4 is 0 Å². The standard InChI is InChI=1S/C9H6N2O3S/c1-6-2-3-7(11(13)14)4-8(6)9(12)10-5-15/h2-4H,1H3. The van der Waals surface area contributed by atoms with Gasteiger partial charge in [-0.15, -0.1) is 0 Å². The summed E-state index contributed by atoms with van der Waals surface area (Å²) in [4.78, 5) is 24.5. The monoisotopic (exact) mass is 222 g/mol. The van der Waals surface area contributed by atoms with Gasteiger partial charge in [-0.25, -0.2) is 0 Å². The average Bonchev–Trinajstić information content (AvgIpc) is 2.18. The van der Waals surface area contributed by atoms with Crippen molar-refractivity contribution in [1.82, 2.24) is 0 Å². The Morgan fingerprint density at radius 1 is 1.60 bits per heavy atom. The minimum Gasteiger partial charge on any atom is -0.266 e. The Hall–Kier alpha value is -1.91. The summed E-state index contributed by atoms with van der Waals surface area (Å²) >= 11 is 4.28. The molecule has 5 nitrogen and oxygen atoms in total. The van der Waals surface area contributed by atoms with E-state index in [-0.39, 0.29) is 11.3 Å². The maximum atomic E-state index is 11.3. The molecule has 0 atom stereocenters. The van der Waals surface area contributed by atoms with Gasteiger partial charge in [0.15, 0.2) is 0 Å². The number of nitro groups is 1. The molecule has 0 aromatic heterocycles. The fourth-order valence-corrected chi connectivity index (χ4v) is 1.14. The second kappa shape index (κ2) is 4.54. The molecule has 0 heterocycles. The van der Waals surface area contributed by atoms with Crippen molar-refractivity contribution in [1.29, 1.82) is 0 Å². The highest BCUT2D eigenvalue weighted by molar-refractivity contribution is 7.78. The number of carbonyl (C=O) groups excluding carboxylic acids is 1. The molecule has 76 valence electrons. The SMILES string of the molecule is Cc1ccc([N+](=O)[O-])cc1C(=O)N=C=S. The number of benzene rings is 1. The molecule has 1 rings (SSSR count). The summed E-state index contributed by atoms with van der Waals surface area (Å²) in [5.41, 5.74) is 0.629. The van der Waals surface area contributed by atoms with E-state index in [2.05, 4.69) is 17.2 Å². The van der Waals surface area contributed by atoms with E-state index in [1.165, 1.54) is 18.2 Å². The summed E-state index contributed by atoms with van der Waals surface area (Å²) in [6.07, 6.45) is 0. The Morgan fingerprint density at radius 2 is 2.27 bits per heavy atom. The van der Waals surface area contributed by atoms with E-state index in [1.54, 1.807) is 6.92 Å². The normalized spacial score (nSPS) is 9.13. The number of rotatable bonds is 2. The van der Waals surface area contributed by atoms with Crippen molar-refractivity contribution >= 4 is 29.0 Å². The number of nitrogens with zero attached hydrogens (tertiary/aromatic N) is 2. The van der Waals surface area contributed by atoms with E-state index >= 15 is 0 Å². The Kier molecular flexibility index (Phi) is 3.38. The molecule has 0 radical (unpaired) electrons. The predicted molar refractivity (Wildman–Crippen MR) is 57.2 cm³/mol. The first-order chi connectivity index (χ1) is 7.06. The number of amides is 1. The Bertz CT molecular complexity index is 478. The highest BCUT2D eigenvalue weighted by Crippen LogP contribution is 2.17. The summed E-state index contributed by atoms with van der Waals surface area (Å²) in [5.74, 6) is -0.619. The van der Waals surface area contributed by atoms with Gasteiger partial charge in [0.25, 0.3) is 11.6 Å². The minimum absolute atomic E-state index is 0.150. The van der Waals surface area contributed by atoms with Crippen LogP contribution in [0.5, 0.6) is 0 Å². The number of carbonyl (C=O) groups is 1. The lowest BCUT2D eigenvalue weighted by atomic mass is 10.1. The molecule has 0 aliphatic carbocycles. The van der Waals surface area contributed by atoms with E-state index in [4.69, 9.17) is 0 Å². The van der Waals surface area contributed by atoms with E-state index in [0.717, 1.165) is 0 Å². The largest absolute Gasteiger partial charge is 0.286 e. The minimum atomic E-state index is -0.619. The molecule has 0 spiro atoms. The van der Waals surface area contributed by atoms with Crippen LogP contribution in [0.1, 0.15) is 15.9 Å². The molecule has 1 amide bonds. The number of thiocarbonyl (C=S) groups is 1. The lowest BCUT2D eigenvalue weighted by molar-refractivity contribution is -0.384. The zero-order chi connectivity index (χ0) is 11.4. The van der Waals surface area contributed by atoms with Gasteiger partial charge in [0.05, 0.1) is 15.6 Å². The number of hydrogen-bond donors (Lipinski definition) is 0. The number of aliphatic imine (C=N–C) groups is 1. The van der Waals surface area contributed by atoms with Gasteiger partial charge in [-0.2, -0.15) is 4.99 Å². The van der Waals surface area contributed by atoms with Gasteiger partial charge >= 0.3 is 0 Å². The molecular formula is C9H6N2O3S. The van der Waals surface area contributed by atoms with Crippen molar-refractivity contribution in [2.45, 2.75) is 6.92 Å². The van der Waals surface area contributed by atoms with Crippen molar-refractivity contribution in [3.8, 4) is 0 Å². The van der Waals surface area contributed by atoms with Gasteiger partial charge in [0.2, 0.25) is 0 Å². The van der Waals surface area contributed by atoms with E-state index in [9.17, 15) is 14.9 Å². The topological polar surface area (TPSA) is 72.6 Å². The second-order valence-electron chi connectivity index (χ2n) is 2.76. The van der Waals surface area contributed by atoms with Crippen LogP contribution in [0.3, 0.4) is 0 Å². The Balaban J connectivity index is 3.27. The number of nitro benzene ring substituents is 1. The zero-order valence-electron chi connectivity index (χ0n) is 7.76. The predicted octanol–water partition coefficient (Wildman–Crippen LogP) is 2.15. The lowest BCUT2D eigenvalue weighted by Crippen LogP contribution is -1.99. The summed E-state index contributed by atoms with van der Waals surface area (Å²) in [6.45, 7) is 1.66. The zero-order valence-corrected chi connectivity index (χ0v) is 8.58. The number of non-ortho nitro benzene ring substituents is 1. The maximum absolute atomic E-state index is 11.3. The molecule has 0 unspecified atom stereocenters. The summed E-state index contributed by atoms with van der Waals surface area (Å²) in [6, 6.07) is 3.99. The van der Waals surface area contributed by atoms with Gasteiger partial charge in [-0.3, -0.25) is 14.9 Å². The van der Waals surface area contributed by atoms with Crippen molar-refractivity contribution in [3.63, 3.8) is 0 Å². The van der Waals surface area contributed by atoms with Gasteiger partial charge in [-0.05, 0) is 24.7 Å². The van der Waals surface area contributed by atoms with Crippen LogP contribution >= 0.6 is 12.2 Å². The molecule has 0 fully saturated rings. The van der Waals surface area contributed by atoms with Crippen molar-refractivity contribution < 1.29 is 9.72 Å². The average molecular weight is 222 g/mol. The molecule has 0 N–H and O–H groups in total. The van der Waals surface area contributed by atoms with Gasteiger partial charge in [0.1, 0.15) is 0 Å². The summed E-state index contributed by atoms with van der Waals surface area (Å²) in [7, 11) is 0. The number of isothiocyanates is 1. The van der Waals surface area contributed by atoms with Crippen molar-refractivity contribution in [3.05, 3.63) is 39.4 Å². The maximum Gasteiger partial charge on any atom is 0.286 e. The fourth-order valence-electron chi connectivity index (χ4n) is 1.06. The summed E-state index contributed by atoms with van der Waals surface area (Å²) in [5, 5.41) is 12.4. The van der Waals surface area contributed by atoms with Gasteiger partial charge < -0.3 is 0 Å². The molecule has 0 aliphatic heterocycles. The van der Waals surface area contributed by atoms with Gasteiger partial charge in [-0.1, -0.05) is 6.07 Å². The molecular weight excluding hydrogens is 216 g/mol. The van der Waals surface area contributed by atoms with Crippen LogP contribution in [-0.2, 0) is 0 Å². The Morgan fingerprint density at radius 3 is 2.80 bits per heavy atom. The first kappa shape index (κ1) is 11.2. The third kappa shape index (κ3) is 2.52. The van der Waals surface area contributed by atoms with Crippen LogP contribution in [0, 0.1) is 17.0 Å². The second-order valence-corrected chi connectivity index (χ2v) is 2.95. The van der Waals surface area contributed by atoms with Gasteiger partial charge in [0, 0.05) is 12.1 Å². The van der Waals surface area contributed by atoms with Crippen LogP contribution in [0.4, 0.5) is 5.69 Å².